The Morgan fingerprint density at radius 2 is 2.06 bits per heavy atom. The Bertz CT molecular complexity index is 359. The van der Waals surface area contributed by atoms with Crippen LogP contribution in [0.4, 0.5) is 0 Å². The predicted octanol–water partition coefficient (Wildman–Crippen LogP) is 2.31. The van der Waals surface area contributed by atoms with Gasteiger partial charge in [0, 0.05) is 19.7 Å². The van der Waals surface area contributed by atoms with Gasteiger partial charge in [-0.1, -0.05) is 12.1 Å². The van der Waals surface area contributed by atoms with Crippen molar-refractivity contribution >= 4 is 5.91 Å². The number of ether oxygens (including phenoxy) is 1. The maximum atomic E-state index is 11.7. The molecule has 3 heteroatoms. The lowest BCUT2D eigenvalue weighted by Crippen LogP contribution is -2.21. The zero-order chi connectivity index (χ0) is 12.1. The highest BCUT2D eigenvalue weighted by molar-refractivity contribution is 5.94. The summed E-state index contributed by atoms with van der Waals surface area (Å²) >= 11 is 0. The van der Waals surface area contributed by atoms with Crippen molar-refractivity contribution in [2.75, 3.05) is 14.1 Å². The molecule has 0 unspecified atom stereocenters. The van der Waals surface area contributed by atoms with Gasteiger partial charge in [-0.3, -0.25) is 4.79 Å². The summed E-state index contributed by atoms with van der Waals surface area (Å²) in [5.74, 6) is 0.0198. The van der Waals surface area contributed by atoms with Gasteiger partial charge < -0.3 is 9.64 Å². The summed E-state index contributed by atoms with van der Waals surface area (Å²) in [5, 5.41) is 0. The number of amides is 1. The molecule has 0 radical (unpaired) electrons. The molecule has 0 atom stereocenters. The molecule has 0 spiro atoms. The molecule has 1 amide bonds. The van der Waals surface area contributed by atoms with E-state index in [9.17, 15) is 4.79 Å². The number of carbonyl (C=O) groups is 1. The van der Waals surface area contributed by atoms with Gasteiger partial charge in [-0.2, -0.15) is 0 Å². The van der Waals surface area contributed by atoms with Gasteiger partial charge in [0.15, 0.2) is 0 Å². The predicted molar refractivity (Wildman–Crippen MR) is 64.4 cm³/mol. The summed E-state index contributed by atoms with van der Waals surface area (Å²) in [5.41, 5.74) is 1.73. The van der Waals surface area contributed by atoms with Crippen molar-refractivity contribution in [2.24, 2.45) is 0 Å². The molecule has 0 aromatic heterocycles. The lowest BCUT2D eigenvalue weighted by Gasteiger charge is -2.12. The third kappa shape index (κ3) is 3.66. The number of hydrogen-bond acceptors (Lipinski definition) is 2. The Morgan fingerprint density at radius 1 is 1.38 bits per heavy atom. The number of hydrogen-bond donors (Lipinski definition) is 0. The van der Waals surface area contributed by atoms with Crippen LogP contribution in [0.15, 0.2) is 24.3 Å². The van der Waals surface area contributed by atoms with E-state index in [1.165, 1.54) is 0 Å². The van der Waals surface area contributed by atoms with E-state index in [0.717, 1.165) is 5.56 Å². The topological polar surface area (TPSA) is 29.5 Å². The zero-order valence-corrected chi connectivity index (χ0v) is 10.4. The Hall–Kier alpha value is -1.35. The van der Waals surface area contributed by atoms with Gasteiger partial charge in [0.05, 0.1) is 12.7 Å². The minimum atomic E-state index is 0.0198. The van der Waals surface area contributed by atoms with Crippen molar-refractivity contribution in [3.05, 3.63) is 35.4 Å². The summed E-state index contributed by atoms with van der Waals surface area (Å²) in [7, 11) is 3.50. The van der Waals surface area contributed by atoms with Crippen molar-refractivity contribution in [3.8, 4) is 0 Å². The van der Waals surface area contributed by atoms with Gasteiger partial charge in [0.2, 0.25) is 0 Å². The monoisotopic (exact) mass is 221 g/mol. The Morgan fingerprint density at radius 3 is 2.62 bits per heavy atom. The summed E-state index contributed by atoms with van der Waals surface area (Å²) in [6, 6.07) is 7.55. The summed E-state index contributed by atoms with van der Waals surface area (Å²) < 4.78 is 5.50. The molecule has 0 saturated heterocycles. The largest absolute Gasteiger partial charge is 0.374 e. The highest BCUT2D eigenvalue weighted by Gasteiger charge is 2.08. The molecule has 0 saturated carbocycles. The van der Waals surface area contributed by atoms with E-state index in [1.807, 2.05) is 38.1 Å². The van der Waals surface area contributed by atoms with Gasteiger partial charge in [-0.15, -0.1) is 0 Å². The molecule has 0 fully saturated rings. The first-order valence-corrected chi connectivity index (χ1v) is 5.43. The van der Waals surface area contributed by atoms with Crippen LogP contribution in [0.2, 0.25) is 0 Å². The zero-order valence-electron chi connectivity index (χ0n) is 10.4. The molecular weight excluding hydrogens is 202 g/mol. The summed E-state index contributed by atoms with van der Waals surface area (Å²) in [6.45, 7) is 4.54. The normalized spacial score (nSPS) is 10.6. The number of nitrogens with zero attached hydrogens (tertiary/aromatic N) is 1. The quantitative estimate of drug-likeness (QED) is 0.781. The van der Waals surface area contributed by atoms with Crippen LogP contribution >= 0.6 is 0 Å². The minimum Gasteiger partial charge on any atom is -0.374 e. The van der Waals surface area contributed by atoms with E-state index >= 15 is 0 Å². The van der Waals surface area contributed by atoms with Crippen LogP contribution < -0.4 is 0 Å². The molecule has 0 aliphatic rings. The van der Waals surface area contributed by atoms with Crippen LogP contribution in [0, 0.1) is 0 Å². The summed E-state index contributed by atoms with van der Waals surface area (Å²) in [4.78, 5) is 13.3. The van der Waals surface area contributed by atoms with Gasteiger partial charge in [0.1, 0.15) is 0 Å². The first kappa shape index (κ1) is 12.7. The molecule has 3 nitrogen and oxygen atoms in total. The van der Waals surface area contributed by atoms with Gasteiger partial charge >= 0.3 is 0 Å². The highest BCUT2D eigenvalue weighted by Crippen LogP contribution is 2.09. The fourth-order valence-corrected chi connectivity index (χ4v) is 1.32. The van der Waals surface area contributed by atoms with Crippen LogP contribution in [0.25, 0.3) is 0 Å². The van der Waals surface area contributed by atoms with Crippen LogP contribution in [-0.2, 0) is 11.3 Å². The Kier molecular flexibility index (Phi) is 4.50. The fraction of sp³-hybridized carbons (Fsp3) is 0.462. The minimum absolute atomic E-state index is 0.0198. The van der Waals surface area contributed by atoms with Crippen molar-refractivity contribution in [3.63, 3.8) is 0 Å². The molecule has 1 aromatic rings. The van der Waals surface area contributed by atoms with Crippen molar-refractivity contribution in [1.29, 1.82) is 0 Å². The van der Waals surface area contributed by atoms with Gasteiger partial charge in [0.25, 0.3) is 5.91 Å². The first-order chi connectivity index (χ1) is 7.50. The molecule has 0 aliphatic heterocycles. The van der Waals surface area contributed by atoms with Crippen molar-refractivity contribution in [1.82, 2.24) is 4.90 Å². The Balaban J connectivity index is 2.75. The van der Waals surface area contributed by atoms with Crippen LogP contribution in [0.1, 0.15) is 29.8 Å². The lowest BCUT2D eigenvalue weighted by molar-refractivity contribution is 0.0656. The van der Waals surface area contributed by atoms with Crippen molar-refractivity contribution < 1.29 is 9.53 Å². The second-order valence-corrected chi connectivity index (χ2v) is 4.26. The van der Waals surface area contributed by atoms with Crippen LogP contribution in [0.5, 0.6) is 0 Å². The molecular formula is C13H19NO2. The number of benzene rings is 1. The van der Waals surface area contributed by atoms with Crippen molar-refractivity contribution in [2.45, 2.75) is 26.6 Å². The van der Waals surface area contributed by atoms with Gasteiger partial charge in [-0.05, 0) is 31.5 Å². The smallest absolute Gasteiger partial charge is 0.253 e. The van der Waals surface area contributed by atoms with E-state index < -0.39 is 0 Å². The van der Waals surface area contributed by atoms with Crippen LogP contribution in [0.3, 0.4) is 0 Å². The molecule has 16 heavy (non-hydrogen) atoms. The molecule has 1 aromatic carbocycles. The summed E-state index contributed by atoms with van der Waals surface area (Å²) in [6.07, 6.45) is 0.202. The lowest BCUT2D eigenvalue weighted by atomic mass is 10.1. The fourth-order valence-electron chi connectivity index (χ4n) is 1.32. The SMILES string of the molecule is CC(C)OCc1cccc(C(=O)N(C)C)c1. The second kappa shape index (κ2) is 5.66. The molecule has 1 rings (SSSR count). The maximum absolute atomic E-state index is 11.7. The standard InChI is InChI=1S/C13H19NO2/c1-10(2)16-9-11-6-5-7-12(8-11)13(15)14(3)4/h5-8,10H,9H2,1-4H3. The number of rotatable bonds is 4. The van der Waals surface area contributed by atoms with Crippen LogP contribution in [-0.4, -0.2) is 31.0 Å². The highest BCUT2D eigenvalue weighted by atomic mass is 16.5. The average Bonchev–Trinajstić information content (AvgIpc) is 2.25. The van der Waals surface area contributed by atoms with Gasteiger partial charge in [-0.25, -0.2) is 0 Å². The maximum Gasteiger partial charge on any atom is 0.253 e. The molecule has 0 heterocycles. The van der Waals surface area contributed by atoms with E-state index in [0.29, 0.717) is 12.2 Å². The van der Waals surface area contributed by atoms with E-state index in [1.54, 1.807) is 19.0 Å². The van der Waals surface area contributed by atoms with E-state index in [-0.39, 0.29) is 12.0 Å². The second-order valence-electron chi connectivity index (χ2n) is 4.26. The third-order valence-electron chi connectivity index (χ3n) is 2.16. The molecule has 0 aliphatic carbocycles. The number of carbonyl (C=O) groups excluding carboxylic acids is 1. The molecule has 0 N–H and O–H groups in total. The Labute approximate surface area is 97.0 Å². The molecule has 0 bridgehead atoms. The van der Waals surface area contributed by atoms with E-state index in [2.05, 4.69) is 0 Å². The molecule has 88 valence electrons. The average molecular weight is 221 g/mol. The first-order valence-electron chi connectivity index (χ1n) is 5.43. The third-order valence-corrected chi connectivity index (χ3v) is 2.16. The van der Waals surface area contributed by atoms with E-state index in [4.69, 9.17) is 4.74 Å².